The third kappa shape index (κ3) is 3.86. The number of furan rings is 1. The third-order valence-corrected chi connectivity index (χ3v) is 4.37. The van der Waals surface area contributed by atoms with Crippen LogP contribution in [0.1, 0.15) is 26.4 Å². The molecule has 0 saturated heterocycles. The Morgan fingerprint density at radius 3 is 2.48 bits per heavy atom. The number of carbonyl (C=O) groups is 2. The van der Waals surface area contributed by atoms with Gasteiger partial charge in [-0.3, -0.25) is 9.59 Å². The summed E-state index contributed by atoms with van der Waals surface area (Å²) < 4.78 is 10.6. The molecule has 0 aliphatic heterocycles. The molecular weight excluding hydrogens is 372 g/mol. The number of aryl methyl sites for hydroxylation is 1. The fourth-order valence-electron chi connectivity index (χ4n) is 2.96. The van der Waals surface area contributed by atoms with E-state index in [1.165, 1.54) is 6.26 Å². The molecule has 0 saturated carbocycles. The van der Waals surface area contributed by atoms with Crippen LogP contribution in [0, 0.1) is 6.92 Å². The quantitative estimate of drug-likeness (QED) is 0.490. The van der Waals surface area contributed by atoms with Gasteiger partial charge in [0, 0.05) is 18.7 Å². The molecule has 3 aromatic heterocycles. The van der Waals surface area contributed by atoms with Gasteiger partial charge in [0.25, 0.3) is 17.5 Å². The van der Waals surface area contributed by atoms with E-state index < -0.39 is 0 Å². The van der Waals surface area contributed by atoms with Crippen molar-refractivity contribution in [2.24, 2.45) is 0 Å². The Hall–Kier alpha value is -3.94. The van der Waals surface area contributed by atoms with E-state index in [0.717, 1.165) is 0 Å². The Kier molecular flexibility index (Phi) is 5.07. The number of benzene rings is 1. The maximum Gasteiger partial charge on any atom is 0.259 e. The number of hydrogen-bond acceptors (Lipinski definition) is 6. The first-order chi connectivity index (χ1) is 14.1. The van der Waals surface area contributed by atoms with Gasteiger partial charge in [0.05, 0.1) is 22.9 Å². The first-order valence-corrected chi connectivity index (χ1v) is 9.06. The zero-order chi connectivity index (χ0) is 20.2. The zero-order valence-corrected chi connectivity index (χ0v) is 15.6. The maximum atomic E-state index is 12.8. The van der Waals surface area contributed by atoms with Crippen LogP contribution in [0.3, 0.4) is 0 Å². The SMILES string of the molecule is Cc1noc2nc(-c3ccco3)cc(C(=O)NCCNC(=O)c3ccccc3)c12. The number of nitrogens with one attached hydrogen (secondary N) is 2. The Morgan fingerprint density at radius 1 is 1.00 bits per heavy atom. The molecule has 1 aromatic carbocycles. The second kappa shape index (κ2) is 7.97. The van der Waals surface area contributed by atoms with E-state index in [2.05, 4.69) is 20.8 Å². The van der Waals surface area contributed by atoms with E-state index in [-0.39, 0.29) is 24.1 Å². The van der Waals surface area contributed by atoms with Gasteiger partial charge in [-0.2, -0.15) is 0 Å². The average Bonchev–Trinajstić information content (AvgIpc) is 3.41. The average molecular weight is 390 g/mol. The number of hydrogen-bond donors (Lipinski definition) is 2. The van der Waals surface area contributed by atoms with Crippen molar-refractivity contribution < 1.29 is 18.5 Å². The van der Waals surface area contributed by atoms with Crippen LogP contribution in [0.2, 0.25) is 0 Å². The van der Waals surface area contributed by atoms with Crippen molar-refractivity contribution >= 4 is 22.9 Å². The molecule has 0 spiro atoms. The molecular formula is C21H18N4O4. The number of nitrogens with zero attached hydrogens (tertiary/aromatic N) is 2. The summed E-state index contributed by atoms with van der Waals surface area (Å²) in [5.74, 6) is 0.0109. The van der Waals surface area contributed by atoms with Crippen molar-refractivity contribution in [3.8, 4) is 11.5 Å². The Labute approximate surface area is 165 Å². The van der Waals surface area contributed by atoms with Crippen LogP contribution in [0.4, 0.5) is 0 Å². The lowest BCUT2D eigenvalue weighted by Crippen LogP contribution is -2.34. The second-order valence-electron chi connectivity index (χ2n) is 6.36. The Morgan fingerprint density at radius 2 is 1.76 bits per heavy atom. The molecule has 2 amide bonds. The zero-order valence-electron chi connectivity index (χ0n) is 15.6. The number of fused-ring (bicyclic) bond motifs is 1. The van der Waals surface area contributed by atoms with Crippen molar-refractivity contribution in [3.05, 3.63) is 71.6 Å². The molecule has 8 heteroatoms. The van der Waals surface area contributed by atoms with E-state index in [1.807, 2.05) is 6.07 Å². The molecule has 29 heavy (non-hydrogen) atoms. The van der Waals surface area contributed by atoms with Crippen LogP contribution in [0.5, 0.6) is 0 Å². The molecule has 0 aliphatic rings. The molecule has 4 rings (SSSR count). The first kappa shape index (κ1) is 18.4. The molecule has 0 radical (unpaired) electrons. The minimum absolute atomic E-state index is 0.193. The number of pyridine rings is 1. The standard InChI is InChI=1S/C21H18N4O4/c1-13-18-15(12-16(17-8-5-11-28-17)24-21(18)29-25-13)20(27)23-10-9-22-19(26)14-6-3-2-4-7-14/h2-8,11-12H,9-10H2,1H3,(H,22,26)(H,23,27). The summed E-state index contributed by atoms with van der Waals surface area (Å²) in [6.45, 7) is 2.31. The summed E-state index contributed by atoms with van der Waals surface area (Å²) in [5.41, 5.74) is 2.26. The fourth-order valence-corrected chi connectivity index (χ4v) is 2.96. The third-order valence-electron chi connectivity index (χ3n) is 4.37. The van der Waals surface area contributed by atoms with E-state index in [4.69, 9.17) is 8.94 Å². The van der Waals surface area contributed by atoms with Gasteiger partial charge in [-0.05, 0) is 37.3 Å². The highest BCUT2D eigenvalue weighted by Crippen LogP contribution is 2.27. The van der Waals surface area contributed by atoms with Crippen LogP contribution in [0.15, 0.2) is 63.7 Å². The van der Waals surface area contributed by atoms with Crippen LogP contribution in [-0.4, -0.2) is 35.0 Å². The molecule has 146 valence electrons. The number of carbonyl (C=O) groups excluding carboxylic acids is 2. The van der Waals surface area contributed by atoms with Gasteiger partial charge in [-0.1, -0.05) is 23.4 Å². The minimum atomic E-state index is -0.314. The number of aromatic nitrogens is 2. The lowest BCUT2D eigenvalue weighted by atomic mass is 10.1. The molecule has 0 aliphatic carbocycles. The van der Waals surface area contributed by atoms with Crippen LogP contribution < -0.4 is 10.6 Å². The normalized spacial score (nSPS) is 10.8. The van der Waals surface area contributed by atoms with Crippen molar-refractivity contribution in [1.29, 1.82) is 0 Å². The summed E-state index contributed by atoms with van der Waals surface area (Å²) in [4.78, 5) is 29.2. The van der Waals surface area contributed by atoms with Crippen LogP contribution in [-0.2, 0) is 0 Å². The van der Waals surface area contributed by atoms with Crippen LogP contribution >= 0.6 is 0 Å². The maximum absolute atomic E-state index is 12.8. The van der Waals surface area contributed by atoms with Crippen molar-refractivity contribution in [3.63, 3.8) is 0 Å². The van der Waals surface area contributed by atoms with Crippen molar-refractivity contribution in [2.45, 2.75) is 6.92 Å². The van der Waals surface area contributed by atoms with Gasteiger partial charge in [0.2, 0.25) is 0 Å². The van der Waals surface area contributed by atoms with Gasteiger partial charge in [0.15, 0.2) is 5.76 Å². The highest BCUT2D eigenvalue weighted by molar-refractivity contribution is 6.06. The largest absolute Gasteiger partial charge is 0.463 e. The van der Waals surface area contributed by atoms with Crippen molar-refractivity contribution in [1.82, 2.24) is 20.8 Å². The molecule has 0 fully saturated rings. The molecule has 2 N–H and O–H groups in total. The van der Waals surface area contributed by atoms with E-state index in [0.29, 0.717) is 40.2 Å². The highest BCUT2D eigenvalue weighted by Gasteiger charge is 2.20. The predicted octanol–water partition coefficient (Wildman–Crippen LogP) is 2.95. The highest BCUT2D eigenvalue weighted by atomic mass is 16.5. The number of rotatable bonds is 6. The van der Waals surface area contributed by atoms with Crippen LogP contribution in [0.25, 0.3) is 22.6 Å². The first-order valence-electron chi connectivity index (χ1n) is 9.06. The molecule has 4 aromatic rings. The summed E-state index contributed by atoms with van der Waals surface area (Å²) >= 11 is 0. The Bertz CT molecular complexity index is 1150. The smallest absolute Gasteiger partial charge is 0.259 e. The Balaban J connectivity index is 1.47. The van der Waals surface area contributed by atoms with Gasteiger partial charge in [-0.15, -0.1) is 0 Å². The molecule has 0 atom stereocenters. The molecule has 0 unspecified atom stereocenters. The number of amides is 2. The predicted molar refractivity (Wildman–Crippen MR) is 105 cm³/mol. The summed E-state index contributed by atoms with van der Waals surface area (Å²) in [6, 6.07) is 14.0. The van der Waals surface area contributed by atoms with Gasteiger partial charge in [-0.25, -0.2) is 4.98 Å². The molecule has 8 nitrogen and oxygen atoms in total. The molecule has 0 bridgehead atoms. The van der Waals surface area contributed by atoms with Gasteiger partial charge >= 0.3 is 0 Å². The van der Waals surface area contributed by atoms with Gasteiger partial charge in [0.1, 0.15) is 5.69 Å². The lowest BCUT2D eigenvalue weighted by Gasteiger charge is -2.09. The van der Waals surface area contributed by atoms with E-state index in [1.54, 1.807) is 49.4 Å². The monoisotopic (exact) mass is 390 g/mol. The lowest BCUT2D eigenvalue weighted by molar-refractivity contribution is 0.0928. The summed E-state index contributed by atoms with van der Waals surface area (Å²) in [7, 11) is 0. The second-order valence-corrected chi connectivity index (χ2v) is 6.36. The van der Waals surface area contributed by atoms with E-state index in [9.17, 15) is 9.59 Å². The van der Waals surface area contributed by atoms with Crippen molar-refractivity contribution in [2.75, 3.05) is 13.1 Å². The topological polar surface area (TPSA) is 110 Å². The molecule has 3 heterocycles. The van der Waals surface area contributed by atoms with Gasteiger partial charge < -0.3 is 19.6 Å². The van der Waals surface area contributed by atoms with E-state index >= 15 is 0 Å². The summed E-state index contributed by atoms with van der Waals surface area (Å²) in [6.07, 6.45) is 1.53. The fraction of sp³-hybridized carbons (Fsp3) is 0.143. The summed E-state index contributed by atoms with van der Waals surface area (Å²) in [5, 5.41) is 10.0. The minimum Gasteiger partial charge on any atom is -0.463 e.